The maximum absolute atomic E-state index is 13.4. The monoisotopic (exact) mass is 422 g/mol. The van der Waals surface area contributed by atoms with Crippen molar-refractivity contribution in [3.63, 3.8) is 0 Å². The minimum Gasteiger partial charge on any atom is -0.491 e. The molecule has 1 aromatic rings. The molecule has 0 radical (unpaired) electrons. The first-order chi connectivity index (χ1) is 14.0. The summed E-state index contributed by atoms with van der Waals surface area (Å²) in [5, 5.41) is 9.44. The van der Waals surface area contributed by atoms with E-state index in [1.54, 1.807) is 17.6 Å². The molecule has 1 atom stereocenters. The molecule has 1 aromatic carbocycles. The molecule has 2 amide bonds. The first-order valence-electron chi connectivity index (χ1n) is 10.2. The molecule has 0 spiro atoms. The zero-order valence-electron chi connectivity index (χ0n) is 17.1. The molecule has 1 fully saturated rings. The summed E-state index contributed by atoms with van der Waals surface area (Å²) in [6.07, 6.45) is 2.33. The molecule has 1 unspecified atom stereocenters. The summed E-state index contributed by atoms with van der Waals surface area (Å²) in [6, 6.07) is 5.06. The van der Waals surface area contributed by atoms with Gasteiger partial charge >= 0.3 is 0 Å². The van der Waals surface area contributed by atoms with E-state index in [0.29, 0.717) is 42.9 Å². The van der Waals surface area contributed by atoms with E-state index in [1.807, 2.05) is 22.7 Å². The SMILES string of the molecule is CC(C)SCCC1c2ccc(C(=O)NO)cc2OCCN1C(=O)C1CCOCC1. The zero-order chi connectivity index (χ0) is 20.8. The molecule has 2 heterocycles. The summed E-state index contributed by atoms with van der Waals surface area (Å²) < 4.78 is 11.3. The molecule has 0 bridgehead atoms. The van der Waals surface area contributed by atoms with Gasteiger partial charge in [0.15, 0.2) is 0 Å². The number of hydroxylamine groups is 1. The van der Waals surface area contributed by atoms with E-state index in [0.717, 1.165) is 30.6 Å². The van der Waals surface area contributed by atoms with E-state index in [1.165, 1.54) is 0 Å². The van der Waals surface area contributed by atoms with Crippen LogP contribution < -0.4 is 10.2 Å². The van der Waals surface area contributed by atoms with Crippen LogP contribution in [0, 0.1) is 5.92 Å². The van der Waals surface area contributed by atoms with Crippen molar-refractivity contribution in [2.75, 3.05) is 32.1 Å². The summed E-state index contributed by atoms with van der Waals surface area (Å²) in [6.45, 7) is 6.48. The maximum Gasteiger partial charge on any atom is 0.274 e. The van der Waals surface area contributed by atoms with Crippen LogP contribution in [0.25, 0.3) is 0 Å². The van der Waals surface area contributed by atoms with Gasteiger partial charge in [-0.05, 0) is 42.4 Å². The van der Waals surface area contributed by atoms with Gasteiger partial charge in [0, 0.05) is 30.3 Å². The number of nitrogens with one attached hydrogen (secondary N) is 1. The Morgan fingerprint density at radius 3 is 2.72 bits per heavy atom. The Morgan fingerprint density at radius 2 is 2.03 bits per heavy atom. The van der Waals surface area contributed by atoms with Crippen LogP contribution in [0.3, 0.4) is 0 Å². The van der Waals surface area contributed by atoms with Crippen molar-refractivity contribution >= 4 is 23.6 Å². The molecule has 3 rings (SSSR count). The summed E-state index contributed by atoms with van der Waals surface area (Å²) >= 11 is 1.87. The van der Waals surface area contributed by atoms with Crippen LogP contribution >= 0.6 is 11.8 Å². The van der Waals surface area contributed by atoms with Crippen molar-refractivity contribution in [2.24, 2.45) is 5.92 Å². The third-order valence-corrected chi connectivity index (χ3v) is 6.54. The fourth-order valence-electron chi connectivity index (χ4n) is 3.89. The van der Waals surface area contributed by atoms with Gasteiger partial charge in [0.1, 0.15) is 12.4 Å². The highest BCUT2D eigenvalue weighted by molar-refractivity contribution is 7.99. The number of rotatable bonds is 6. The number of nitrogens with zero attached hydrogens (tertiary/aromatic N) is 1. The van der Waals surface area contributed by atoms with Crippen LogP contribution in [0.1, 0.15) is 55.1 Å². The minimum absolute atomic E-state index is 0.00927. The number of fused-ring (bicyclic) bond motifs is 1. The minimum atomic E-state index is -0.581. The molecule has 0 saturated carbocycles. The molecule has 29 heavy (non-hydrogen) atoms. The Balaban J connectivity index is 1.89. The molecule has 0 aliphatic carbocycles. The number of carbonyl (C=O) groups excluding carboxylic acids is 2. The lowest BCUT2D eigenvalue weighted by Gasteiger charge is -2.34. The molecular formula is C21H30N2O5S. The van der Waals surface area contributed by atoms with Gasteiger partial charge in [0.2, 0.25) is 5.91 Å². The van der Waals surface area contributed by atoms with E-state index in [4.69, 9.17) is 14.7 Å². The van der Waals surface area contributed by atoms with E-state index in [9.17, 15) is 9.59 Å². The molecule has 7 nitrogen and oxygen atoms in total. The highest BCUT2D eigenvalue weighted by Gasteiger charge is 2.34. The number of amides is 2. The van der Waals surface area contributed by atoms with Crippen LogP contribution in [0.15, 0.2) is 18.2 Å². The number of hydrogen-bond acceptors (Lipinski definition) is 6. The molecule has 2 aliphatic rings. The predicted octanol–water partition coefficient (Wildman–Crippen LogP) is 3.03. The molecule has 160 valence electrons. The van der Waals surface area contributed by atoms with Gasteiger partial charge in [-0.1, -0.05) is 19.9 Å². The van der Waals surface area contributed by atoms with E-state index in [2.05, 4.69) is 13.8 Å². The van der Waals surface area contributed by atoms with Crippen LogP contribution in [-0.2, 0) is 9.53 Å². The molecule has 2 N–H and O–H groups in total. The fraction of sp³-hybridized carbons (Fsp3) is 0.619. The third-order valence-electron chi connectivity index (χ3n) is 5.40. The zero-order valence-corrected chi connectivity index (χ0v) is 17.9. The second-order valence-corrected chi connectivity index (χ2v) is 9.37. The first kappa shape index (κ1) is 21.9. The lowest BCUT2D eigenvalue weighted by atomic mass is 9.95. The number of benzene rings is 1. The van der Waals surface area contributed by atoms with Crippen LogP contribution in [0.5, 0.6) is 5.75 Å². The van der Waals surface area contributed by atoms with Gasteiger partial charge in [0.05, 0.1) is 12.6 Å². The normalized spacial score (nSPS) is 20.0. The predicted molar refractivity (Wildman–Crippen MR) is 111 cm³/mol. The third kappa shape index (κ3) is 5.43. The second-order valence-electron chi connectivity index (χ2n) is 7.68. The average Bonchev–Trinajstić information content (AvgIpc) is 2.92. The fourth-order valence-corrected chi connectivity index (χ4v) is 4.72. The Morgan fingerprint density at radius 1 is 1.28 bits per heavy atom. The molecule has 1 saturated heterocycles. The van der Waals surface area contributed by atoms with Crippen molar-refractivity contribution in [1.29, 1.82) is 0 Å². The average molecular weight is 423 g/mol. The first-order valence-corrected chi connectivity index (χ1v) is 11.3. The van der Waals surface area contributed by atoms with Gasteiger partial charge in [-0.15, -0.1) is 0 Å². The van der Waals surface area contributed by atoms with Gasteiger partial charge in [-0.2, -0.15) is 11.8 Å². The summed E-state index contributed by atoms with van der Waals surface area (Å²) in [4.78, 5) is 27.1. The van der Waals surface area contributed by atoms with Gasteiger partial charge in [-0.3, -0.25) is 14.8 Å². The largest absolute Gasteiger partial charge is 0.491 e. The van der Waals surface area contributed by atoms with E-state index < -0.39 is 5.91 Å². The summed E-state index contributed by atoms with van der Waals surface area (Å²) in [5.41, 5.74) is 2.90. The quantitative estimate of drug-likeness (QED) is 0.541. The van der Waals surface area contributed by atoms with Crippen LogP contribution in [-0.4, -0.2) is 59.3 Å². The van der Waals surface area contributed by atoms with Crippen molar-refractivity contribution < 1.29 is 24.3 Å². The van der Waals surface area contributed by atoms with Crippen LogP contribution in [0.4, 0.5) is 0 Å². The van der Waals surface area contributed by atoms with E-state index >= 15 is 0 Å². The molecule has 8 heteroatoms. The smallest absolute Gasteiger partial charge is 0.274 e. The number of hydrogen-bond donors (Lipinski definition) is 2. The summed E-state index contributed by atoms with van der Waals surface area (Å²) in [7, 11) is 0. The van der Waals surface area contributed by atoms with Gasteiger partial charge < -0.3 is 14.4 Å². The molecular weight excluding hydrogens is 392 g/mol. The molecule has 2 aliphatic heterocycles. The number of carbonyl (C=O) groups is 2. The Hall–Kier alpha value is -1.77. The van der Waals surface area contributed by atoms with Crippen molar-refractivity contribution in [2.45, 2.75) is 44.4 Å². The van der Waals surface area contributed by atoms with Gasteiger partial charge in [-0.25, -0.2) is 5.48 Å². The lowest BCUT2D eigenvalue weighted by Crippen LogP contribution is -2.42. The van der Waals surface area contributed by atoms with Gasteiger partial charge in [0.25, 0.3) is 5.91 Å². The Kier molecular flexibility index (Phi) is 7.80. The van der Waals surface area contributed by atoms with E-state index in [-0.39, 0.29) is 17.9 Å². The lowest BCUT2D eigenvalue weighted by molar-refractivity contribution is -0.141. The van der Waals surface area contributed by atoms with Crippen LogP contribution in [0.2, 0.25) is 0 Å². The maximum atomic E-state index is 13.4. The van der Waals surface area contributed by atoms with Crippen molar-refractivity contribution in [1.82, 2.24) is 10.4 Å². The Bertz CT molecular complexity index is 721. The topological polar surface area (TPSA) is 88.1 Å². The Labute approximate surface area is 176 Å². The van der Waals surface area contributed by atoms with Crippen molar-refractivity contribution in [3.05, 3.63) is 29.3 Å². The second kappa shape index (κ2) is 10.3. The highest BCUT2D eigenvalue weighted by Crippen LogP contribution is 2.37. The standard InChI is InChI=1S/C21H30N2O5S/c1-14(2)29-12-7-18-17-4-3-16(20(24)22-26)13-19(17)28-11-8-23(18)21(25)15-5-9-27-10-6-15/h3-4,13-15,18,26H,5-12H2,1-2H3,(H,22,24). The summed E-state index contributed by atoms with van der Waals surface area (Å²) in [5.74, 6) is 1.11. The highest BCUT2D eigenvalue weighted by atomic mass is 32.2. The van der Waals surface area contributed by atoms with Crippen molar-refractivity contribution in [3.8, 4) is 5.75 Å². The molecule has 0 aromatic heterocycles. The number of ether oxygens (including phenoxy) is 2. The number of thioether (sulfide) groups is 1.